The van der Waals surface area contributed by atoms with Gasteiger partial charge in [0, 0.05) is 31.2 Å². The van der Waals surface area contributed by atoms with Crippen LogP contribution in [0.2, 0.25) is 0 Å². The van der Waals surface area contributed by atoms with Crippen LogP contribution in [0.4, 0.5) is 5.69 Å². The lowest BCUT2D eigenvalue weighted by Crippen LogP contribution is -2.39. The monoisotopic (exact) mass is 352 g/mol. The van der Waals surface area contributed by atoms with Gasteiger partial charge in [-0.25, -0.2) is 8.42 Å². The van der Waals surface area contributed by atoms with Crippen LogP contribution in [0.5, 0.6) is 0 Å². The van der Waals surface area contributed by atoms with Crippen molar-refractivity contribution in [1.82, 2.24) is 4.31 Å². The van der Waals surface area contributed by atoms with Crippen molar-refractivity contribution in [2.24, 2.45) is 5.92 Å². The Morgan fingerprint density at radius 3 is 2.33 bits per heavy atom. The molecule has 1 aliphatic rings. The fourth-order valence-corrected chi connectivity index (χ4v) is 5.09. The van der Waals surface area contributed by atoms with E-state index in [2.05, 4.69) is 0 Å². The van der Waals surface area contributed by atoms with Gasteiger partial charge in [0.2, 0.25) is 15.9 Å². The molecule has 1 aromatic carbocycles. The molecular weight excluding hydrogens is 324 g/mol. The maximum Gasteiger partial charge on any atom is 0.243 e. The Kier molecular flexibility index (Phi) is 5.71. The molecule has 0 atom stereocenters. The summed E-state index contributed by atoms with van der Waals surface area (Å²) >= 11 is 0. The van der Waals surface area contributed by atoms with Gasteiger partial charge in [0.1, 0.15) is 0 Å². The quantitative estimate of drug-likeness (QED) is 0.790. The van der Waals surface area contributed by atoms with Gasteiger partial charge in [0.05, 0.1) is 4.90 Å². The first-order valence-electron chi connectivity index (χ1n) is 8.57. The first kappa shape index (κ1) is 18.9. The number of benzene rings is 1. The number of anilines is 1. The van der Waals surface area contributed by atoms with E-state index >= 15 is 0 Å². The molecule has 1 fully saturated rings. The standard InChI is InChI=1S/C18H28N2O3S/c1-13(2)12-20(14(3)4)24(22,23)17-9-8-16(11-15(17)5)19-10-6-7-18(19)21/h8-9,11,13-14H,6-7,10,12H2,1-5H3. The van der Waals surface area contributed by atoms with Crippen molar-refractivity contribution >= 4 is 21.6 Å². The van der Waals surface area contributed by atoms with Gasteiger partial charge in [0.25, 0.3) is 0 Å². The maximum atomic E-state index is 13.1. The van der Waals surface area contributed by atoms with Crippen LogP contribution in [0.1, 0.15) is 46.1 Å². The van der Waals surface area contributed by atoms with Gasteiger partial charge in [0.15, 0.2) is 0 Å². The predicted molar refractivity (Wildman–Crippen MR) is 96.6 cm³/mol. The summed E-state index contributed by atoms with van der Waals surface area (Å²) in [5, 5.41) is 0. The molecule has 134 valence electrons. The highest BCUT2D eigenvalue weighted by atomic mass is 32.2. The molecule has 1 aromatic rings. The number of hydrogen-bond donors (Lipinski definition) is 0. The fraction of sp³-hybridized carbons (Fsp3) is 0.611. The minimum atomic E-state index is -3.55. The van der Waals surface area contributed by atoms with Gasteiger partial charge in [-0.15, -0.1) is 0 Å². The van der Waals surface area contributed by atoms with Crippen LogP contribution in [0.15, 0.2) is 23.1 Å². The minimum absolute atomic E-state index is 0.100. The Morgan fingerprint density at radius 2 is 1.88 bits per heavy atom. The average molecular weight is 353 g/mol. The van der Waals surface area contributed by atoms with E-state index in [1.165, 1.54) is 0 Å². The van der Waals surface area contributed by atoms with Crippen LogP contribution in [0.3, 0.4) is 0 Å². The molecule has 0 bridgehead atoms. The molecule has 1 heterocycles. The molecule has 2 rings (SSSR count). The zero-order chi connectivity index (χ0) is 18.1. The summed E-state index contributed by atoms with van der Waals surface area (Å²) in [5.41, 5.74) is 1.47. The Labute approximate surface area is 145 Å². The molecule has 0 spiro atoms. The van der Waals surface area contributed by atoms with E-state index in [0.717, 1.165) is 12.1 Å². The third-order valence-electron chi connectivity index (χ3n) is 4.25. The van der Waals surface area contributed by atoms with Gasteiger partial charge in [-0.3, -0.25) is 4.79 Å². The van der Waals surface area contributed by atoms with Crippen LogP contribution in [0, 0.1) is 12.8 Å². The molecular formula is C18H28N2O3S. The predicted octanol–water partition coefficient (Wildman–Crippen LogP) is 3.18. The van der Waals surface area contributed by atoms with Gasteiger partial charge in [-0.2, -0.15) is 4.31 Å². The number of sulfonamides is 1. The lowest BCUT2D eigenvalue weighted by Gasteiger charge is -2.28. The molecule has 1 aliphatic heterocycles. The van der Waals surface area contributed by atoms with Crippen molar-refractivity contribution in [2.75, 3.05) is 18.0 Å². The molecule has 0 saturated carbocycles. The van der Waals surface area contributed by atoms with Crippen molar-refractivity contribution in [3.05, 3.63) is 23.8 Å². The fourth-order valence-electron chi connectivity index (χ4n) is 3.08. The largest absolute Gasteiger partial charge is 0.312 e. The third-order valence-corrected chi connectivity index (χ3v) is 6.45. The van der Waals surface area contributed by atoms with Gasteiger partial charge in [-0.1, -0.05) is 13.8 Å². The summed E-state index contributed by atoms with van der Waals surface area (Å²) in [5.74, 6) is 0.359. The van der Waals surface area contributed by atoms with Crippen LogP contribution in [-0.4, -0.2) is 37.8 Å². The molecule has 1 amide bonds. The van der Waals surface area contributed by atoms with Gasteiger partial charge < -0.3 is 4.90 Å². The second-order valence-electron chi connectivity index (χ2n) is 7.16. The van der Waals surface area contributed by atoms with E-state index in [0.29, 0.717) is 30.0 Å². The SMILES string of the molecule is Cc1cc(N2CCCC2=O)ccc1S(=O)(=O)N(CC(C)C)C(C)C. The van der Waals surface area contributed by atoms with Crippen LogP contribution >= 0.6 is 0 Å². The zero-order valence-electron chi connectivity index (χ0n) is 15.2. The molecule has 0 unspecified atom stereocenters. The second-order valence-corrected chi connectivity index (χ2v) is 9.02. The van der Waals surface area contributed by atoms with Crippen molar-refractivity contribution in [2.45, 2.75) is 58.4 Å². The lowest BCUT2D eigenvalue weighted by molar-refractivity contribution is -0.117. The normalized spacial score (nSPS) is 16.0. The number of carbonyl (C=O) groups is 1. The smallest absolute Gasteiger partial charge is 0.243 e. The average Bonchev–Trinajstić information content (AvgIpc) is 2.90. The van der Waals surface area contributed by atoms with Crippen LogP contribution < -0.4 is 4.90 Å². The topological polar surface area (TPSA) is 57.7 Å². The number of carbonyl (C=O) groups excluding carboxylic acids is 1. The Bertz CT molecular complexity index is 711. The molecule has 6 heteroatoms. The number of hydrogen-bond acceptors (Lipinski definition) is 3. The summed E-state index contributed by atoms with van der Waals surface area (Å²) in [4.78, 5) is 13.9. The number of rotatable bonds is 6. The highest BCUT2D eigenvalue weighted by molar-refractivity contribution is 7.89. The molecule has 0 radical (unpaired) electrons. The third kappa shape index (κ3) is 3.81. The summed E-state index contributed by atoms with van der Waals surface area (Å²) in [6.07, 6.45) is 1.42. The van der Waals surface area contributed by atoms with Crippen LogP contribution in [-0.2, 0) is 14.8 Å². The highest BCUT2D eigenvalue weighted by Crippen LogP contribution is 2.28. The first-order valence-corrected chi connectivity index (χ1v) is 10.0. The van der Waals surface area contributed by atoms with E-state index in [9.17, 15) is 13.2 Å². The molecule has 0 N–H and O–H groups in total. The number of aryl methyl sites for hydroxylation is 1. The van der Waals surface area contributed by atoms with E-state index in [1.54, 1.807) is 28.3 Å². The molecule has 24 heavy (non-hydrogen) atoms. The summed E-state index contributed by atoms with van der Waals surface area (Å²) in [6.45, 7) is 10.8. The van der Waals surface area contributed by atoms with Crippen molar-refractivity contribution < 1.29 is 13.2 Å². The van der Waals surface area contributed by atoms with Crippen molar-refractivity contribution in [3.63, 3.8) is 0 Å². The van der Waals surface area contributed by atoms with Gasteiger partial charge >= 0.3 is 0 Å². The Balaban J connectivity index is 2.38. The van der Waals surface area contributed by atoms with E-state index in [4.69, 9.17) is 0 Å². The van der Waals surface area contributed by atoms with Crippen molar-refractivity contribution in [1.29, 1.82) is 0 Å². The van der Waals surface area contributed by atoms with Gasteiger partial charge in [-0.05, 0) is 56.9 Å². The molecule has 1 saturated heterocycles. The van der Waals surface area contributed by atoms with E-state index in [1.807, 2.05) is 33.8 Å². The highest BCUT2D eigenvalue weighted by Gasteiger charge is 2.30. The maximum absolute atomic E-state index is 13.1. The van der Waals surface area contributed by atoms with Crippen LogP contribution in [0.25, 0.3) is 0 Å². The summed E-state index contributed by atoms with van der Waals surface area (Å²) < 4.78 is 27.7. The number of amides is 1. The summed E-state index contributed by atoms with van der Waals surface area (Å²) in [7, 11) is -3.55. The van der Waals surface area contributed by atoms with E-state index in [-0.39, 0.29) is 17.9 Å². The minimum Gasteiger partial charge on any atom is -0.312 e. The summed E-state index contributed by atoms with van der Waals surface area (Å²) in [6, 6.07) is 5.10. The zero-order valence-corrected chi connectivity index (χ0v) is 16.1. The molecule has 0 aromatic heterocycles. The van der Waals surface area contributed by atoms with Crippen molar-refractivity contribution in [3.8, 4) is 0 Å². The van der Waals surface area contributed by atoms with E-state index < -0.39 is 10.0 Å². The Morgan fingerprint density at radius 1 is 1.21 bits per heavy atom. The molecule has 5 nitrogen and oxygen atoms in total. The Hall–Kier alpha value is -1.40. The second kappa shape index (κ2) is 7.23. The lowest BCUT2D eigenvalue weighted by atomic mass is 10.2. The molecule has 0 aliphatic carbocycles. The first-order chi connectivity index (χ1) is 11.1. The number of nitrogens with zero attached hydrogens (tertiary/aromatic N) is 2.